The van der Waals surface area contributed by atoms with Gasteiger partial charge in [-0.15, -0.1) is 0 Å². The first-order chi connectivity index (χ1) is 3.31. The van der Waals surface area contributed by atoms with E-state index in [4.69, 9.17) is 9.90 Å². The monoisotopic (exact) mass is 103 g/mol. The molecule has 4 heteroatoms. The van der Waals surface area contributed by atoms with E-state index in [0.29, 0.717) is 6.54 Å². The van der Waals surface area contributed by atoms with Gasteiger partial charge in [-0.25, -0.2) is 0 Å². The fourth-order valence-corrected chi connectivity index (χ4v) is 0.0361. The van der Waals surface area contributed by atoms with Crippen molar-refractivity contribution in [3.05, 3.63) is 0 Å². The van der Waals surface area contributed by atoms with Crippen LogP contribution in [-0.4, -0.2) is 24.0 Å². The predicted octanol–water partition coefficient (Wildman–Crippen LogP) is -1.18. The second-order valence-corrected chi connectivity index (χ2v) is 0.882. The fraction of sp³-hybridized carbons (Fsp3) is 0.333. The van der Waals surface area contributed by atoms with Crippen LogP contribution in [0.3, 0.4) is 0 Å². The number of amides is 1. The lowest BCUT2D eigenvalue weighted by Crippen LogP contribution is -1.66. The van der Waals surface area contributed by atoms with Crippen LogP contribution in [0, 0.1) is 0 Å². The molecule has 1 fully saturated rings. The van der Waals surface area contributed by atoms with Crippen LogP contribution in [-0.2, 0) is 9.59 Å². The van der Waals surface area contributed by atoms with Crippen LogP contribution in [0.1, 0.15) is 0 Å². The van der Waals surface area contributed by atoms with Crippen molar-refractivity contribution in [2.45, 2.75) is 0 Å². The highest BCUT2D eigenvalue weighted by Gasteiger charge is 2.10. The summed E-state index contributed by atoms with van der Waals surface area (Å²) < 4.78 is 0. The smallest absolute Gasteiger partial charge is 0.290 e. The molecule has 0 bridgehead atoms. The second-order valence-electron chi connectivity index (χ2n) is 0.882. The third-order valence-electron chi connectivity index (χ3n) is 0.321. The first-order valence-corrected chi connectivity index (χ1v) is 1.66. The molecule has 7 heavy (non-hydrogen) atoms. The van der Waals surface area contributed by atoms with Gasteiger partial charge in [0.15, 0.2) is 0 Å². The number of carbonyl (C=O) groups is 2. The van der Waals surface area contributed by atoms with Gasteiger partial charge in [-0.05, 0) is 0 Å². The predicted molar refractivity (Wildman–Crippen MR) is 21.7 cm³/mol. The maximum absolute atomic E-state index is 9.44. The summed E-state index contributed by atoms with van der Waals surface area (Å²) in [6.07, 6.45) is 0. The van der Waals surface area contributed by atoms with E-state index in [1.54, 1.807) is 0 Å². The fourth-order valence-electron chi connectivity index (χ4n) is 0.0361. The molecule has 0 aromatic rings. The van der Waals surface area contributed by atoms with Crippen LogP contribution in [0.15, 0.2) is 0 Å². The van der Waals surface area contributed by atoms with E-state index in [-0.39, 0.29) is 12.4 Å². The molecule has 0 aromatic heterocycles. The van der Waals surface area contributed by atoms with E-state index in [1.165, 1.54) is 0 Å². The lowest BCUT2D eigenvalue weighted by Gasteiger charge is -1.34. The van der Waals surface area contributed by atoms with Gasteiger partial charge in [-0.1, -0.05) is 0 Å². The SMILES string of the molecule is O=C1CN1.O=CO. The first kappa shape index (κ1) is 5.94. The molecule has 0 saturated carbocycles. The summed E-state index contributed by atoms with van der Waals surface area (Å²) in [6.45, 7) is 0.347. The molecule has 1 aliphatic heterocycles. The van der Waals surface area contributed by atoms with Gasteiger partial charge in [0.2, 0.25) is 5.91 Å². The Morgan fingerprint density at radius 1 is 1.86 bits per heavy atom. The van der Waals surface area contributed by atoms with Crippen molar-refractivity contribution >= 4 is 12.4 Å². The lowest BCUT2D eigenvalue weighted by atomic mass is 11.0. The van der Waals surface area contributed by atoms with E-state index in [9.17, 15) is 4.79 Å². The molecule has 1 aliphatic rings. The molecule has 0 spiro atoms. The van der Waals surface area contributed by atoms with Gasteiger partial charge in [-0.2, -0.15) is 0 Å². The minimum absolute atomic E-state index is 0.167. The van der Waals surface area contributed by atoms with Crippen LogP contribution in [0.4, 0.5) is 0 Å². The zero-order valence-corrected chi connectivity index (χ0v) is 3.55. The number of hydrogen-bond acceptors (Lipinski definition) is 2. The zero-order chi connectivity index (χ0) is 5.70. The van der Waals surface area contributed by atoms with E-state index in [1.807, 2.05) is 0 Å². The summed E-state index contributed by atoms with van der Waals surface area (Å²) >= 11 is 0. The summed E-state index contributed by atoms with van der Waals surface area (Å²) in [5.41, 5.74) is 0. The van der Waals surface area contributed by atoms with Gasteiger partial charge in [-0.3, -0.25) is 9.59 Å². The average molecular weight is 103 g/mol. The molecule has 0 atom stereocenters. The van der Waals surface area contributed by atoms with E-state index in [0.717, 1.165) is 0 Å². The van der Waals surface area contributed by atoms with E-state index in [2.05, 4.69) is 5.32 Å². The Labute approximate surface area is 40.1 Å². The van der Waals surface area contributed by atoms with Gasteiger partial charge in [0.1, 0.15) is 0 Å². The molecule has 1 amide bonds. The Morgan fingerprint density at radius 2 is 2.00 bits per heavy atom. The molecular formula is C3H5NO3. The van der Waals surface area contributed by atoms with Gasteiger partial charge < -0.3 is 10.4 Å². The Kier molecular flexibility index (Phi) is 2.67. The third kappa shape index (κ3) is 11.3. The highest BCUT2D eigenvalue weighted by Crippen LogP contribution is 1.72. The van der Waals surface area contributed by atoms with Crippen LogP contribution >= 0.6 is 0 Å². The van der Waals surface area contributed by atoms with E-state index < -0.39 is 0 Å². The molecule has 0 aliphatic carbocycles. The Morgan fingerprint density at radius 3 is 2.00 bits per heavy atom. The number of carboxylic acid groups (broad SMARTS) is 1. The Hall–Kier alpha value is -1.06. The van der Waals surface area contributed by atoms with Crippen molar-refractivity contribution < 1.29 is 14.7 Å². The molecule has 0 radical (unpaired) electrons. The third-order valence-corrected chi connectivity index (χ3v) is 0.321. The maximum Gasteiger partial charge on any atom is 0.290 e. The second kappa shape index (κ2) is 3.14. The Balaban J connectivity index is 0.000000110. The Bertz CT molecular complexity index is 74.2. The molecule has 40 valence electrons. The maximum atomic E-state index is 9.44. The summed E-state index contributed by atoms with van der Waals surface area (Å²) in [7, 11) is 0. The standard InChI is InChI=1S/C2H3NO.CH2O2/c4-2-1-3-2;2-1-3/h1H2,(H,3,4);1H,(H,2,3). The van der Waals surface area contributed by atoms with Gasteiger partial charge in [0.05, 0.1) is 6.54 Å². The largest absolute Gasteiger partial charge is 0.483 e. The molecule has 0 unspecified atom stereocenters. The summed E-state index contributed by atoms with van der Waals surface area (Å²) in [6, 6.07) is 0. The van der Waals surface area contributed by atoms with Crippen LogP contribution in [0.25, 0.3) is 0 Å². The lowest BCUT2D eigenvalue weighted by molar-refractivity contribution is -0.122. The van der Waals surface area contributed by atoms with Crippen molar-refractivity contribution in [2.75, 3.05) is 6.54 Å². The van der Waals surface area contributed by atoms with Crippen molar-refractivity contribution in [1.29, 1.82) is 0 Å². The normalized spacial score (nSPS) is 12.9. The van der Waals surface area contributed by atoms with Crippen molar-refractivity contribution in [3.8, 4) is 0 Å². The molecule has 2 N–H and O–H groups in total. The van der Waals surface area contributed by atoms with Crippen molar-refractivity contribution in [2.24, 2.45) is 0 Å². The highest BCUT2D eigenvalue weighted by molar-refractivity contribution is 5.91. The molecule has 4 nitrogen and oxygen atoms in total. The minimum atomic E-state index is -0.250. The highest BCUT2D eigenvalue weighted by atomic mass is 16.3. The molecule has 1 rings (SSSR count). The quantitative estimate of drug-likeness (QED) is 0.299. The van der Waals surface area contributed by atoms with Crippen LogP contribution in [0.5, 0.6) is 0 Å². The van der Waals surface area contributed by atoms with Crippen LogP contribution in [0.2, 0.25) is 0 Å². The van der Waals surface area contributed by atoms with Gasteiger partial charge in [0, 0.05) is 0 Å². The molecule has 0 aromatic carbocycles. The summed E-state index contributed by atoms with van der Waals surface area (Å²) in [4.78, 5) is 17.8. The van der Waals surface area contributed by atoms with E-state index >= 15 is 0 Å². The van der Waals surface area contributed by atoms with Crippen molar-refractivity contribution in [3.63, 3.8) is 0 Å². The zero-order valence-electron chi connectivity index (χ0n) is 3.55. The molecule has 1 heterocycles. The number of carbonyl (C=O) groups excluding carboxylic acids is 1. The number of hydrogen-bond donors (Lipinski definition) is 2. The van der Waals surface area contributed by atoms with Crippen LogP contribution < -0.4 is 5.32 Å². The number of rotatable bonds is 0. The van der Waals surface area contributed by atoms with Crippen molar-refractivity contribution in [1.82, 2.24) is 5.32 Å². The summed E-state index contributed by atoms with van der Waals surface area (Å²) in [5.74, 6) is 0.167. The van der Waals surface area contributed by atoms with Gasteiger partial charge >= 0.3 is 0 Å². The number of nitrogens with one attached hydrogen (secondary N) is 1. The molecular weight excluding hydrogens is 98.0 g/mol. The average Bonchev–Trinajstić information content (AvgIpc) is 2.25. The molecule has 1 saturated heterocycles. The topological polar surface area (TPSA) is 76.3 Å². The minimum Gasteiger partial charge on any atom is -0.483 e. The summed E-state index contributed by atoms with van der Waals surface area (Å²) in [5, 5.41) is 9.35. The first-order valence-electron chi connectivity index (χ1n) is 1.66. The van der Waals surface area contributed by atoms with Gasteiger partial charge in [0.25, 0.3) is 6.47 Å².